The van der Waals surface area contributed by atoms with Gasteiger partial charge >= 0.3 is 0 Å². The summed E-state index contributed by atoms with van der Waals surface area (Å²) >= 11 is 0. The third kappa shape index (κ3) is 3.01. The highest BCUT2D eigenvalue weighted by molar-refractivity contribution is 5.44. The summed E-state index contributed by atoms with van der Waals surface area (Å²) in [6.07, 6.45) is 0. The first-order valence-corrected chi connectivity index (χ1v) is 7.05. The number of ether oxygens (including phenoxy) is 2. The summed E-state index contributed by atoms with van der Waals surface area (Å²) in [7, 11) is 0. The Morgan fingerprint density at radius 1 is 1.21 bits per heavy atom. The van der Waals surface area contributed by atoms with Gasteiger partial charge in [0, 0.05) is 25.7 Å². The van der Waals surface area contributed by atoms with Crippen LogP contribution < -0.4 is 14.8 Å². The zero-order valence-corrected chi connectivity index (χ0v) is 11.7. The number of benzene rings is 1. The van der Waals surface area contributed by atoms with Crippen LogP contribution in [0.4, 0.5) is 0 Å². The van der Waals surface area contributed by atoms with Gasteiger partial charge in [-0.3, -0.25) is 4.90 Å². The number of hydrogen-bond acceptors (Lipinski definition) is 4. The van der Waals surface area contributed by atoms with Gasteiger partial charge in [0.05, 0.1) is 0 Å². The van der Waals surface area contributed by atoms with Gasteiger partial charge in [-0.05, 0) is 37.1 Å². The summed E-state index contributed by atoms with van der Waals surface area (Å²) in [6.45, 7) is 9.24. The monoisotopic (exact) mass is 262 g/mol. The minimum atomic E-state index is 0.348. The van der Waals surface area contributed by atoms with E-state index in [4.69, 9.17) is 9.47 Å². The van der Waals surface area contributed by atoms with Crippen molar-refractivity contribution < 1.29 is 9.47 Å². The third-order valence-corrected chi connectivity index (χ3v) is 3.76. The SMILES string of the molecule is CC1CNC(C)CN(Cc2ccc3c(c2)OCO3)C1. The van der Waals surface area contributed by atoms with Crippen LogP contribution in [0.15, 0.2) is 18.2 Å². The first-order chi connectivity index (χ1) is 9.20. The van der Waals surface area contributed by atoms with Crippen molar-refractivity contribution in [3.63, 3.8) is 0 Å². The van der Waals surface area contributed by atoms with Crippen LogP contribution in [-0.2, 0) is 6.54 Å². The fourth-order valence-corrected chi connectivity index (χ4v) is 2.86. The first kappa shape index (κ1) is 12.8. The van der Waals surface area contributed by atoms with Crippen molar-refractivity contribution in [1.29, 1.82) is 0 Å². The molecule has 2 heterocycles. The molecule has 19 heavy (non-hydrogen) atoms. The lowest BCUT2D eigenvalue weighted by atomic mass is 10.1. The molecular formula is C15H22N2O2. The maximum Gasteiger partial charge on any atom is 0.231 e. The van der Waals surface area contributed by atoms with Crippen molar-refractivity contribution in [3.8, 4) is 11.5 Å². The van der Waals surface area contributed by atoms with E-state index in [0.29, 0.717) is 18.8 Å². The van der Waals surface area contributed by atoms with Crippen molar-refractivity contribution in [1.82, 2.24) is 10.2 Å². The van der Waals surface area contributed by atoms with Crippen LogP contribution >= 0.6 is 0 Å². The van der Waals surface area contributed by atoms with Crippen molar-refractivity contribution in [2.75, 3.05) is 26.4 Å². The predicted octanol–water partition coefficient (Wildman–Crippen LogP) is 1.85. The highest BCUT2D eigenvalue weighted by Gasteiger charge is 2.20. The second-order valence-corrected chi connectivity index (χ2v) is 5.80. The Kier molecular flexibility index (Phi) is 3.62. The molecule has 1 saturated heterocycles. The van der Waals surface area contributed by atoms with E-state index in [9.17, 15) is 0 Å². The van der Waals surface area contributed by atoms with E-state index < -0.39 is 0 Å². The van der Waals surface area contributed by atoms with E-state index in [1.54, 1.807) is 0 Å². The van der Waals surface area contributed by atoms with E-state index in [1.165, 1.54) is 5.56 Å². The van der Waals surface area contributed by atoms with Gasteiger partial charge < -0.3 is 14.8 Å². The van der Waals surface area contributed by atoms with Crippen LogP contribution in [0.2, 0.25) is 0 Å². The fraction of sp³-hybridized carbons (Fsp3) is 0.600. The molecular weight excluding hydrogens is 240 g/mol. The maximum absolute atomic E-state index is 5.44. The number of hydrogen-bond donors (Lipinski definition) is 1. The summed E-state index contributed by atoms with van der Waals surface area (Å²) in [6, 6.07) is 6.82. The topological polar surface area (TPSA) is 33.7 Å². The lowest BCUT2D eigenvalue weighted by Gasteiger charge is -2.23. The van der Waals surface area contributed by atoms with Crippen molar-refractivity contribution in [2.45, 2.75) is 26.4 Å². The molecule has 2 aliphatic heterocycles. The molecule has 2 atom stereocenters. The summed E-state index contributed by atoms with van der Waals surface area (Å²) in [4.78, 5) is 2.52. The van der Waals surface area contributed by atoms with Gasteiger partial charge in [0.15, 0.2) is 11.5 Å². The molecule has 0 bridgehead atoms. The predicted molar refractivity (Wildman–Crippen MR) is 74.5 cm³/mol. The molecule has 104 valence electrons. The zero-order chi connectivity index (χ0) is 13.2. The van der Waals surface area contributed by atoms with Gasteiger partial charge in [-0.1, -0.05) is 13.0 Å². The normalized spacial score (nSPS) is 27.3. The van der Waals surface area contributed by atoms with Gasteiger partial charge in [0.25, 0.3) is 0 Å². The van der Waals surface area contributed by atoms with Gasteiger partial charge in [-0.15, -0.1) is 0 Å². The molecule has 1 N–H and O–H groups in total. The summed E-state index contributed by atoms with van der Waals surface area (Å²) in [5, 5.41) is 3.57. The molecule has 0 radical (unpaired) electrons. The summed E-state index contributed by atoms with van der Waals surface area (Å²) in [5.41, 5.74) is 1.30. The molecule has 0 spiro atoms. The van der Waals surface area contributed by atoms with Crippen molar-refractivity contribution >= 4 is 0 Å². The Labute approximate surface area is 114 Å². The average Bonchev–Trinajstić information content (AvgIpc) is 2.77. The molecule has 2 unspecified atom stereocenters. The third-order valence-electron chi connectivity index (χ3n) is 3.76. The Bertz CT molecular complexity index is 438. The fourth-order valence-electron chi connectivity index (χ4n) is 2.86. The number of nitrogens with one attached hydrogen (secondary N) is 1. The zero-order valence-electron chi connectivity index (χ0n) is 11.7. The van der Waals surface area contributed by atoms with Crippen LogP contribution in [0.1, 0.15) is 19.4 Å². The van der Waals surface area contributed by atoms with Crippen LogP contribution in [0.5, 0.6) is 11.5 Å². The second-order valence-electron chi connectivity index (χ2n) is 5.80. The molecule has 0 amide bonds. The van der Waals surface area contributed by atoms with Crippen LogP contribution in [0.25, 0.3) is 0 Å². The highest BCUT2D eigenvalue weighted by Crippen LogP contribution is 2.32. The highest BCUT2D eigenvalue weighted by atomic mass is 16.7. The molecule has 1 aromatic carbocycles. The largest absolute Gasteiger partial charge is 0.454 e. The molecule has 1 aromatic rings. The van der Waals surface area contributed by atoms with E-state index in [2.05, 4.69) is 36.2 Å². The molecule has 4 heteroatoms. The standard InChI is InChI=1S/C15H22N2O2/c1-11-6-16-12(2)8-17(7-11)9-13-3-4-14-15(5-13)19-10-18-14/h3-5,11-12,16H,6-10H2,1-2H3. The van der Waals surface area contributed by atoms with Gasteiger partial charge in [0.1, 0.15) is 0 Å². The van der Waals surface area contributed by atoms with E-state index in [0.717, 1.165) is 37.7 Å². The van der Waals surface area contributed by atoms with Crippen molar-refractivity contribution in [3.05, 3.63) is 23.8 Å². The lowest BCUT2D eigenvalue weighted by molar-refractivity contribution is 0.174. The van der Waals surface area contributed by atoms with Crippen LogP contribution in [0, 0.1) is 5.92 Å². The Balaban J connectivity index is 1.69. The molecule has 0 saturated carbocycles. The Morgan fingerprint density at radius 3 is 2.95 bits per heavy atom. The second kappa shape index (κ2) is 5.39. The Morgan fingerprint density at radius 2 is 2.05 bits per heavy atom. The molecule has 1 fully saturated rings. The number of nitrogens with zero attached hydrogens (tertiary/aromatic N) is 1. The smallest absolute Gasteiger partial charge is 0.231 e. The minimum Gasteiger partial charge on any atom is -0.454 e. The molecule has 2 aliphatic rings. The minimum absolute atomic E-state index is 0.348. The van der Waals surface area contributed by atoms with Gasteiger partial charge in [0.2, 0.25) is 6.79 Å². The molecule has 0 aromatic heterocycles. The van der Waals surface area contributed by atoms with E-state index in [1.807, 2.05) is 6.07 Å². The van der Waals surface area contributed by atoms with Crippen LogP contribution in [0.3, 0.4) is 0 Å². The summed E-state index contributed by atoms with van der Waals surface area (Å²) in [5.74, 6) is 2.44. The van der Waals surface area contributed by atoms with E-state index >= 15 is 0 Å². The lowest BCUT2D eigenvalue weighted by Crippen LogP contribution is -2.34. The summed E-state index contributed by atoms with van der Waals surface area (Å²) < 4.78 is 10.8. The quantitative estimate of drug-likeness (QED) is 0.882. The van der Waals surface area contributed by atoms with Crippen LogP contribution in [-0.4, -0.2) is 37.4 Å². The average molecular weight is 262 g/mol. The van der Waals surface area contributed by atoms with Crippen molar-refractivity contribution in [2.24, 2.45) is 5.92 Å². The maximum atomic E-state index is 5.44. The van der Waals surface area contributed by atoms with Gasteiger partial charge in [-0.2, -0.15) is 0 Å². The Hall–Kier alpha value is -1.26. The van der Waals surface area contributed by atoms with Gasteiger partial charge in [-0.25, -0.2) is 0 Å². The molecule has 0 aliphatic carbocycles. The molecule has 3 rings (SSSR count). The first-order valence-electron chi connectivity index (χ1n) is 7.05. The number of fused-ring (bicyclic) bond motifs is 1. The molecule has 4 nitrogen and oxygen atoms in total. The number of rotatable bonds is 2. The van der Waals surface area contributed by atoms with E-state index in [-0.39, 0.29) is 0 Å².